The highest BCUT2D eigenvalue weighted by Crippen LogP contribution is 2.32. The van der Waals surface area contributed by atoms with E-state index in [2.05, 4.69) is 4.74 Å². The van der Waals surface area contributed by atoms with E-state index in [1.807, 2.05) is 6.92 Å². The third kappa shape index (κ3) is 4.98. The molecule has 1 atom stereocenters. The molecule has 1 saturated heterocycles. The smallest absolute Gasteiger partial charge is 0.422 e. The molecule has 138 valence electrons. The lowest BCUT2D eigenvalue weighted by Crippen LogP contribution is -2.34. The average Bonchev–Trinajstić information content (AvgIpc) is 2.89. The number of benzene rings is 1. The molecule has 24 heavy (non-hydrogen) atoms. The van der Waals surface area contributed by atoms with Gasteiger partial charge in [0.25, 0.3) is 0 Å². The summed E-state index contributed by atoms with van der Waals surface area (Å²) in [4.78, 5) is 0.0260. The van der Waals surface area contributed by atoms with Crippen molar-refractivity contribution in [1.82, 2.24) is 4.31 Å². The summed E-state index contributed by atoms with van der Waals surface area (Å²) in [6.07, 6.45) is -3.76. The number of hydrogen-bond donors (Lipinski definition) is 1. The SMILES string of the molecule is CC1(CN)CCN(S(=O)(=O)c2ccc(OCC(F)(F)F)cc2)C1.Cl. The van der Waals surface area contributed by atoms with Crippen molar-refractivity contribution in [3.05, 3.63) is 24.3 Å². The average molecular weight is 389 g/mol. The van der Waals surface area contributed by atoms with E-state index < -0.39 is 22.8 Å². The fourth-order valence-corrected chi connectivity index (χ4v) is 3.96. The van der Waals surface area contributed by atoms with Crippen LogP contribution in [-0.2, 0) is 10.0 Å². The Morgan fingerprint density at radius 3 is 2.33 bits per heavy atom. The number of nitrogens with two attached hydrogens (primary N) is 1. The molecule has 1 aromatic rings. The summed E-state index contributed by atoms with van der Waals surface area (Å²) in [5, 5.41) is 0. The molecule has 0 aliphatic carbocycles. The van der Waals surface area contributed by atoms with Gasteiger partial charge in [0.15, 0.2) is 6.61 Å². The van der Waals surface area contributed by atoms with E-state index >= 15 is 0 Å². The minimum Gasteiger partial charge on any atom is -0.484 e. The van der Waals surface area contributed by atoms with Crippen molar-refractivity contribution >= 4 is 22.4 Å². The van der Waals surface area contributed by atoms with Gasteiger partial charge >= 0.3 is 6.18 Å². The van der Waals surface area contributed by atoms with Crippen molar-refractivity contribution in [3.8, 4) is 5.75 Å². The molecule has 1 heterocycles. The van der Waals surface area contributed by atoms with Crippen molar-refractivity contribution < 1.29 is 26.3 Å². The molecule has 1 unspecified atom stereocenters. The largest absolute Gasteiger partial charge is 0.484 e. The van der Waals surface area contributed by atoms with Crippen LogP contribution >= 0.6 is 12.4 Å². The lowest BCUT2D eigenvalue weighted by Gasteiger charge is -2.22. The normalized spacial score (nSPS) is 22.2. The van der Waals surface area contributed by atoms with Crippen LogP contribution < -0.4 is 10.5 Å². The molecule has 1 aliphatic heterocycles. The molecular formula is C14H20ClF3N2O3S. The molecule has 10 heteroatoms. The van der Waals surface area contributed by atoms with Crippen LogP contribution in [0.4, 0.5) is 13.2 Å². The maximum atomic E-state index is 12.5. The molecule has 0 spiro atoms. The summed E-state index contributed by atoms with van der Waals surface area (Å²) in [6, 6.07) is 4.94. The van der Waals surface area contributed by atoms with Crippen molar-refractivity contribution in [2.24, 2.45) is 11.1 Å². The summed E-state index contributed by atoms with van der Waals surface area (Å²) in [5.74, 6) is -0.0329. The van der Waals surface area contributed by atoms with E-state index in [0.29, 0.717) is 26.1 Å². The summed E-state index contributed by atoms with van der Waals surface area (Å²) in [7, 11) is -3.68. The van der Waals surface area contributed by atoms with Crippen LogP contribution in [-0.4, -0.2) is 45.1 Å². The fourth-order valence-electron chi connectivity index (χ4n) is 2.37. The first-order valence-corrected chi connectivity index (χ1v) is 8.50. The Morgan fingerprint density at radius 2 is 1.88 bits per heavy atom. The molecule has 1 aliphatic rings. The number of hydrogen-bond acceptors (Lipinski definition) is 4. The van der Waals surface area contributed by atoms with E-state index in [-0.39, 0.29) is 28.5 Å². The number of sulfonamides is 1. The summed E-state index contributed by atoms with van der Waals surface area (Å²) < 4.78 is 67.2. The molecule has 0 radical (unpaired) electrons. The van der Waals surface area contributed by atoms with Gasteiger partial charge in [-0.3, -0.25) is 0 Å². The Morgan fingerprint density at radius 1 is 1.29 bits per heavy atom. The molecule has 2 N–H and O–H groups in total. The van der Waals surface area contributed by atoms with Crippen LogP contribution in [0.3, 0.4) is 0 Å². The third-order valence-corrected chi connectivity index (χ3v) is 5.74. The second kappa shape index (κ2) is 7.47. The Balaban J connectivity index is 0.00000288. The summed E-state index contributed by atoms with van der Waals surface area (Å²) in [6.45, 7) is 1.61. The quantitative estimate of drug-likeness (QED) is 0.840. The number of rotatable bonds is 5. The van der Waals surface area contributed by atoms with Crippen LogP contribution in [0.2, 0.25) is 0 Å². The van der Waals surface area contributed by atoms with Crippen LogP contribution in [0.15, 0.2) is 29.2 Å². The maximum absolute atomic E-state index is 12.5. The van der Waals surface area contributed by atoms with E-state index in [0.717, 1.165) is 0 Å². The molecule has 0 aromatic heterocycles. The number of alkyl halides is 3. The first-order chi connectivity index (χ1) is 10.6. The van der Waals surface area contributed by atoms with Crippen molar-refractivity contribution in [2.75, 3.05) is 26.2 Å². The molecule has 0 saturated carbocycles. The highest BCUT2D eigenvalue weighted by atomic mass is 35.5. The number of ether oxygens (including phenoxy) is 1. The first-order valence-electron chi connectivity index (χ1n) is 7.06. The molecule has 5 nitrogen and oxygen atoms in total. The minimum atomic E-state index is -4.44. The molecular weight excluding hydrogens is 369 g/mol. The predicted molar refractivity (Wildman–Crippen MR) is 85.8 cm³/mol. The van der Waals surface area contributed by atoms with Gasteiger partial charge in [0.2, 0.25) is 10.0 Å². The van der Waals surface area contributed by atoms with Gasteiger partial charge < -0.3 is 10.5 Å². The van der Waals surface area contributed by atoms with Crippen LogP contribution in [0.25, 0.3) is 0 Å². The lowest BCUT2D eigenvalue weighted by molar-refractivity contribution is -0.153. The molecule has 1 aromatic carbocycles. The molecule has 2 rings (SSSR count). The zero-order valence-corrected chi connectivity index (χ0v) is 14.7. The Kier molecular flexibility index (Phi) is 6.54. The minimum absolute atomic E-state index is 0. The van der Waals surface area contributed by atoms with Gasteiger partial charge in [0.1, 0.15) is 5.75 Å². The van der Waals surface area contributed by atoms with Gasteiger partial charge in [-0.1, -0.05) is 6.92 Å². The first kappa shape index (κ1) is 21.0. The Labute approximate surface area is 145 Å². The molecule has 0 amide bonds. The molecule has 1 fully saturated rings. The van der Waals surface area contributed by atoms with E-state index in [1.165, 1.54) is 28.6 Å². The summed E-state index contributed by atoms with van der Waals surface area (Å²) in [5.41, 5.74) is 5.42. The topological polar surface area (TPSA) is 72.6 Å². The van der Waals surface area contributed by atoms with Gasteiger partial charge in [-0.2, -0.15) is 17.5 Å². The van der Waals surface area contributed by atoms with Gasteiger partial charge in [0, 0.05) is 13.1 Å². The standard InChI is InChI=1S/C14H19F3N2O3S.ClH/c1-13(8-18)6-7-19(9-13)23(20,21)12-4-2-11(3-5-12)22-10-14(15,16)17;/h2-5H,6-10,18H2,1H3;1H. The Hall–Kier alpha value is -1.03. The monoisotopic (exact) mass is 388 g/mol. The zero-order chi connectivity index (χ0) is 17.3. The van der Waals surface area contributed by atoms with Crippen molar-refractivity contribution in [2.45, 2.75) is 24.4 Å². The van der Waals surface area contributed by atoms with Gasteiger partial charge in [0.05, 0.1) is 4.90 Å². The number of halogens is 4. The predicted octanol–water partition coefficient (Wildman–Crippen LogP) is 2.41. The fraction of sp³-hybridized carbons (Fsp3) is 0.571. The van der Waals surface area contributed by atoms with E-state index in [9.17, 15) is 21.6 Å². The van der Waals surface area contributed by atoms with Crippen LogP contribution in [0.5, 0.6) is 5.75 Å². The second-order valence-electron chi connectivity index (χ2n) is 5.98. The van der Waals surface area contributed by atoms with Crippen molar-refractivity contribution in [3.63, 3.8) is 0 Å². The van der Waals surface area contributed by atoms with Gasteiger partial charge in [-0.15, -0.1) is 12.4 Å². The number of nitrogens with zero attached hydrogens (tertiary/aromatic N) is 1. The highest BCUT2D eigenvalue weighted by molar-refractivity contribution is 7.89. The van der Waals surface area contributed by atoms with E-state index in [1.54, 1.807) is 0 Å². The van der Waals surface area contributed by atoms with Crippen LogP contribution in [0, 0.1) is 5.41 Å². The van der Waals surface area contributed by atoms with Gasteiger partial charge in [-0.05, 0) is 42.6 Å². The Bertz CT molecular complexity index is 652. The molecule has 0 bridgehead atoms. The highest BCUT2D eigenvalue weighted by Gasteiger charge is 2.39. The second-order valence-corrected chi connectivity index (χ2v) is 7.92. The lowest BCUT2D eigenvalue weighted by atomic mass is 9.90. The van der Waals surface area contributed by atoms with Crippen molar-refractivity contribution in [1.29, 1.82) is 0 Å². The van der Waals surface area contributed by atoms with Gasteiger partial charge in [-0.25, -0.2) is 8.42 Å². The zero-order valence-electron chi connectivity index (χ0n) is 13.0. The van der Waals surface area contributed by atoms with E-state index in [4.69, 9.17) is 5.73 Å². The summed E-state index contributed by atoms with van der Waals surface area (Å²) >= 11 is 0. The maximum Gasteiger partial charge on any atom is 0.422 e. The third-order valence-electron chi connectivity index (χ3n) is 3.88. The van der Waals surface area contributed by atoms with Crippen LogP contribution in [0.1, 0.15) is 13.3 Å².